The third-order valence-corrected chi connectivity index (χ3v) is 6.15. The highest BCUT2D eigenvalue weighted by Crippen LogP contribution is 2.39. The van der Waals surface area contributed by atoms with Crippen LogP contribution in [0, 0.1) is 11.3 Å². The number of nitrogens with zero attached hydrogens (tertiary/aromatic N) is 2. The third kappa shape index (κ3) is 3.80. The Bertz CT molecular complexity index is 341. The molecule has 3 unspecified atom stereocenters. The van der Waals surface area contributed by atoms with Crippen LogP contribution in [0.4, 0.5) is 0 Å². The van der Waals surface area contributed by atoms with Gasteiger partial charge in [-0.25, -0.2) is 0 Å². The Kier molecular flexibility index (Phi) is 4.92. The molecule has 0 bridgehead atoms. The van der Waals surface area contributed by atoms with Crippen LogP contribution >= 0.6 is 0 Å². The molecule has 21 heavy (non-hydrogen) atoms. The largest absolute Gasteiger partial charge is 0.314 e. The minimum atomic E-state index is 0.547. The number of piperazine rings is 1. The van der Waals surface area contributed by atoms with E-state index >= 15 is 0 Å². The highest BCUT2D eigenvalue weighted by atomic mass is 15.3. The molecule has 0 aromatic carbocycles. The Hall–Kier alpha value is -0.120. The minimum absolute atomic E-state index is 0.547. The normalized spacial score (nSPS) is 37.6. The summed E-state index contributed by atoms with van der Waals surface area (Å²) in [6.45, 7) is 14.9. The van der Waals surface area contributed by atoms with Crippen LogP contribution in [0.15, 0.2) is 0 Å². The standard InChI is InChI=1S/C18H35N3/c1-4-19-17-7-8-18(2,3)12-15(17)13-20-10-11-21-9-5-6-16(21)14-20/h15-17,19H,4-14H2,1-3H3. The first kappa shape index (κ1) is 15.8. The van der Waals surface area contributed by atoms with Crippen LogP contribution in [-0.4, -0.2) is 61.2 Å². The van der Waals surface area contributed by atoms with Crippen LogP contribution < -0.4 is 5.32 Å². The molecule has 3 nitrogen and oxygen atoms in total. The SMILES string of the molecule is CCNC1CCC(C)(C)CC1CN1CCN2CCCC2C1. The molecule has 3 fully saturated rings. The van der Waals surface area contributed by atoms with Crippen LogP contribution in [0.1, 0.15) is 52.9 Å². The fourth-order valence-electron chi connectivity index (χ4n) is 5.01. The first-order chi connectivity index (χ1) is 10.1. The van der Waals surface area contributed by atoms with Crippen molar-refractivity contribution in [1.82, 2.24) is 15.1 Å². The molecule has 2 aliphatic heterocycles. The van der Waals surface area contributed by atoms with Crippen LogP contribution in [0.25, 0.3) is 0 Å². The summed E-state index contributed by atoms with van der Waals surface area (Å²) >= 11 is 0. The molecule has 0 aromatic rings. The fraction of sp³-hybridized carbons (Fsp3) is 1.00. The fourth-order valence-corrected chi connectivity index (χ4v) is 5.01. The van der Waals surface area contributed by atoms with Crippen molar-refractivity contribution in [2.24, 2.45) is 11.3 Å². The van der Waals surface area contributed by atoms with Gasteiger partial charge >= 0.3 is 0 Å². The highest BCUT2D eigenvalue weighted by Gasteiger charge is 2.37. The van der Waals surface area contributed by atoms with Crippen molar-refractivity contribution < 1.29 is 0 Å². The summed E-state index contributed by atoms with van der Waals surface area (Å²) in [4.78, 5) is 5.51. The molecule has 0 spiro atoms. The van der Waals surface area contributed by atoms with Gasteiger partial charge in [0.25, 0.3) is 0 Å². The second kappa shape index (κ2) is 6.55. The topological polar surface area (TPSA) is 18.5 Å². The van der Waals surface area contributed by atoms with Crippen molar-refractivity contribution in [3.05, 3.63) is 0 Å². The Morgan fingerprint density at radius 2 is 2.00 bits per heavy atom. The zero-order chi connectivity index (χ0) is 14.9. The van der Waals surface area contributed by atoms with E-state index in [9.17, 15) is 0 Å². The van der Waals surface area contributed by atoms with Crippen molar-refractivity contribution in [2.45, 2.75) is 65.0 Å². The second-order valence-electron chi connectivity index (χ2n) is 8.42. The molecule has 3 rings (SSSR count). The molecule has 3 aliphatic rings. The third-order valence-electron chi connectivity index (χ3n) is 6.15. The first-order valence-corrected chi connectivity index (χ1v) is 9.27. The summed E-state index contributed by atoms with van der Waals surface area (Å²) in [6, 6.07) is 1.62. The van der Waals surface area contributed by atoms with Gasteiger partial charge < -0.3 is 10.2 Å². The monoisotopic (exact) mass is 293 g/mol. The summed E-state index contributed by atoms with van der Waals surface area (Å²) in [6.07, 6.45) is 7.01. The van der Waals surface area contributed by atoms with Gasteiger partial charge in [0, 0.05) is 38.3 Å². The molecule has 1 N–H and O–H groups in total. The maximum atomic E-state index is 3.77. The highest BCUT2D eigenvalue weighted by molar-refractivity contribution is 4.93. The van der Waals surface area contributed by atoms with Gasteiger partial charge in [0.1, 0.15) is 0 Å². The van der Waals surface area contributed by atoms with E-state index in [1.807, 2.05) is 0 Å². The lowest BCUT2D eigenvalue weighted by atomic mass is 9.69. The molecular formula is C18H35N3. The smallest absolute Gasteiger partial charge is 0.0224 e. The van der Waals surface area contributed by atoms with Crippen molar-refractivity contribution in [3.8, 4) is 0 Å². The summed E-state index contributed by atoms with van der Waals surface area (Å²) < 4.78 is 0. The van der Waals surface area contributed by atoms with E-state index in [1.165, 1.54) is 64.8 Å². The average molecular weight is 293 g/mol. The van der Waals surface area contributed by atoms with Crippen molar-refractivity contribution >= 4 is 0 Å². The Morgan fingerprint density at radius 3 is 2.81 bits per heavy atom. The molecule has 0 radical (unpaired) electrons. The van der Waals surface area contributed by atoms with Crippen molar-refractivity contribution in [3.63, 3.8) is 0 Å². The maximum absolute atomic E-state index is 3.77. The van der Waals surface area contributed by atoms with Gasteiger partial charge in [-0.1, -0.05) is 20.8 Å². The summed E-state index contributed by atoms with van der Waals surface area (Å²) in [7, 11) is 0. The Morgan fingerprint density at radius 1 is 1.14 bits per heavy atom. The predicted molar refractivity (Wildman–Crippen MR) is 89.6 cm³/mol. The van der Waals surface area contributed by atoms with E-state index in [1.54, 1.807) is 0 Å². The van der Waals surface area contributed by atoms with Gasteiger partial charge in [0.15, 0.2) is 0 Å². The number of rotatable bonds is 4. The van der Waals surface area contributed by atoms with Gasteiger partial charge in [-0.2, -0.15) is 0 Å². The van der Waals surface area contributed by atoms with E-state index in [0.29, 0.717) is 5.41 Å². The lowest BCUT2D eigenvalue weighted by Gasteiger charge is -2.45. The molecule has 3 heteroatoms. The van der Waals surface area contributed by atoms with Gasteiger partial charge in [-0.05, 0) is 56.5 Å². The summed E-state index contributed by atoms with van der Waals surface area (Å²) in [5, 5.41) is 3.77. The molecular weight excluding hydrogens is 258 g/mol. The lowest BCUT2D eigenvalue weighted by molar-refractivity contribution is 0.0565. The first-order valence-electron chi connectivity index (χ1n) is 9.27. The van der Waals surface area contributed by atoms with Gasteiger partial charge in [0.2, 0.25) is 0 Å². The molecule has 2 saturated heterocycles. The van der Waals surface area contributed by atoms with Crippen LogP contribution in [0.5, 0.6) is 0 Å². The van der Waals surface area contributed by atoms with Gasteiger partial charge in [-0.3, -0.25) is 4.90 Å². The Balaban J connectivity index is 1.58. The van der Waals surface area contributed by atoms with E-state index in [2.05, 4.69) is 35.9 Å². The van der Waals surface area contributed by atoms with Crippen LogP contribution in [0.3, 0.4) is 0 Å². The van der Waals surface area contributed by atoms with E-state index in [0.717, 1.165) is 24.5 Å². The van der Waals surface area contributed by atoms with E-state index in [-0.39, 0.29) is 0 Å². The zero-order valence-electron chi connectivity index (χ0n) is 14.4. The summed E-state index contributed by atoms with van der Waals surface area (Å²) in [5.74, 6) is 0.849. The molecule has 1 saturated carbocycles. The molecule has 0 amide bonds. The van der Waals surface area contributed by atoms with Crippen molar-refractivity contribution in [1.29, 1.82) is 0 Å². The van der Waals surface area contributed by atoms with Crippen LogP contribution in [-0.2, 0) is 0 Å². The molecule has 2 heterocycles. The van der Waals surface area contributed by atoms with Gasteiger partial charge in [-0.15, -0.1) is 0 Å². The molecule has 3 atom stereocenters. The molecule has 1 aliphatic carbocycles. The zero-order valence-corrected chi connectivity index (χ0v) is 14.4. The lowest BCUT2D eigenvalue weighted by Crippen LogP contribution is -2.54. The van der Waals surface area contributed by atoms with Crippen molar-refractivity contribution in [2.75, 3.05) is 39.3 Å². The van der Waals surface area contributed by atoms with E-state index < -0.39 is 0 Å². The van der Waals surface area contributed by atoms with Crippen LogP contribution in [0.2, 0.25) is 0 Å². The summed E-state index contributed by atoms with van der Waals surface area (Å²) in [5.41, 5.74) is 0.547. The minimum Gasteiger partial charge on any atom is -0.314 e. The number of fused-ring (bicyclic) bond motifs is 1. The molecule has 0 aromatic heterocycles. The number of hydrogen-bond acceptors (Lipinski definition) is 3. The predicted octanol–water partition coefficient (Wildman–Crippen LogP) is 2.57. The van der Waals surface area contributed by atoms with Gasteiger partial charge in [0.05, 0.1) is 0 Å². The Labute approximate surface area is 131 Å². The number of nitrogens with one attached hydrogen (secondary N) is 1. The maximum Gasteiger partial charge on any atom is 0.0224 e. The second-order valence-corrected chi connectivity index (χ2v) is 8.42. The molecule has 122 valence electrons. The number of hydrogen-bond donors (Lipinski definition) is 1. The quantitative estimate of drug-likeness (QED) is 0.859. The average Bonchev–Trinajstić information content (AvgIpc) is 2.89. The van der Waals surface area contributed by atoms with E-state index in [4.69, 9.17) is 0 Å².